The zero-order chi connectivity index (χ0) is 14.3. The Bertz CT molecular complexity index is 742. The van der Waals surface area contributed by atoms with Crippen molar-refractivity contribution in [1.82, 2.24) is 4.72 Å². The molecule has 1 heterocycles. The molecule has 1 aromatic carbocycles. The summed E-state index contributed by atoms with van der Waals surface area (Å²) in [5.41, 5.74) is 1.83. The van der Waals surface area contributed by atoms with E-state index in [1.807, 2.05) is 24.3 Å². The number of fused-ring (bicyclic) bond motifs is 1. The van der Waals surface area contributed by atoms with Gasteiger partial charge in [-0.2, -0.15) is 0 Å². The van der Waals surface area contributed by atoms with Crippen LogP contribution in [0, 0.1) is 0 Å². The van der Waals surface area contributed by atoms with Gasteiger partial charge in [0.25, 0.3) is 10.0 Å². The number of hydrogen-bond donors (Lipinski definition) is 2. The van der Waals surface area contributed by atoms with Crippen molar-refractivity contribution < 1.29 is 13.5 Å². The predicted octanol–water partition coefficient (Wildman–Crippen LogP) is 2.45. The summed E-state index contributed by atoms with van der Waals surface area (Å²) in [6, 6.07) is 10.1. The highest BCUT2D eigenvalue weighted by atomic mass is 79.9. The van der Waals surface area contributed by atoms with E-state index in [9.17, 15) is 13.5 Å². The van der Waals surface area contributed by atoms with Crippen LogP contribution < -0.4 is 4.72 Å². The van der Waals surface area contributed by atoms with Gasteiger partial charge in [0.05, 0.1) is 15.9 Å². The minimum absolute atomic E-state index is 0.237. The van der Waals surface area contributed by atoms with Crippen LogP contribution in [0.5, 0.6) is 0 Å². The Morgan fingerprint density at radius 2 is 2.00 bits per heavy atom. The van der Waals surface area contributed by atoms with Gasteiger partial charge in [0.1, 0.15) is 4.21 Å². The molecule has 1 aromatic heterocycles. The van der Waals surface area contributed by atoms with Gasteiger partial charge < -0.3 is 5.11 Å². The van der Waals surface area contributed by atoms with Crippen molar-refractivity contribution in [2.24, 2.45) is 0 Å². The zero-order valence-electron chi connectivity index (χ0n) is 10.3. The summed E-state index contributed by atoms with van der Waals surface area (Å²) in [6.45, 7) is 0. The number of nitrogens with one attached hydrogen (secondary N) is 1. The molecule has 0 amide bonds. The van der Waals surface area contributed by atoms with E-state index in [0.29, 0.717) is 6.42 Å². The Kier molecular flexibility index (Phi) is 3.72. The summed E-state index contributed by atoms with van der Waals surface area (Å²) >= 11 is 4.40. The quantitative estimate of drug-likeness (QED) is 0.868. The van der Waals surface area contributed by atoms with Crippen LogP contribution >= 0.6 is 27.3 Å². The van der Waals surface area contributed by atoms with Crippen LogP contribution in [0.25, 0.3) is 0 Å². The Morgan fingerprint density at radius 3 is 2.70 bits per heavy atom. The largest absolute Gasteiger partial charge is 0.391 e. The molecule has 4 nitrogen and oxygen atoms in total. The number of aliphatic hydroxyl groups is 1. The van der Waals surface area contributed by atoms with Crippen molar-refractivity contribution in [3.63, 3.8) is 0 Å². The third-order valence-electron chi connectivity index (χ3n) is 3.30. The van der Waals surface area contributed by atoms with Crippen molar-refractivity contribution in [1.29, 1.82) is 0 Å². The summed E-state index contributed by atoms with van der Waals surface area (Å²) in [7, 11) is -3.62. The van der Waals surface area contributed by atoms with Crippen LogP contribution in [0.4, 0.5) is 0 Å². The minimum atomic E-state index is -3.62. The fraction of sp³-hybridized carbons (Fsp3) is 0.231. The smallest absolute Gasteiger partial charge is 0.250 e. The standard InChI is InChI=1S/C13H12BrNO3S2/c14-11-5-6-12(19-11)20(17,18)15-13-9-4-2-1-3-8(9)7-10(13)16/h1-6,10,13,15-16H,7H2. The normalized spacial score (nSPS) is 21.9. The second-order valence-electron chi connectivity index (χ2n) is 4.63. The molecule has 2 aromatic rings. The average Bonchev–Trinajstić information content (AvgIpc) is 2.95. The van der Waals surface area contributed by atoms with Crippen LogP contribution in [-0.2, 0) is 16.4 Å². The number of benzene rings is 1. The predicted molar refractivity (Wildman–Crippen MR) is 81.2 cm³/mol. The van der Waals surface area contributed by atoms with Gasteiger partial charge in [-0.1, -0.05) is 24.3 Å². The van der Waals surface area contributed by atoms with Gasteiger partial charge in [-0.25, -0.2) is 13.1 Å². The van der Waals surface area contributed by atoms with Gasteiger partial charge in [-0.05, 0) is 39.2 Å². The summed E-state index contributed by atoms with van der Waals surface area (Å²) < 4.78 is 28.2. The lowest BCUT2D eigenvalue weighted by molar-refractivity contribution is 0.151. The first kappa shape index (κ1) is 14.2. The Balaban J connectivity index is 1.92. The highest BCUT2D eigenvalue weighted by Gasteiger charge is 2.34. The van der Waals surface area contributed by atoms with E-state index >= 15 is 0 Å². The lowest BCUT2D eigenvalue weighted by atomic mass is 10.1. The average molecular weight is 374 g/mol. The molecule has 0 bridgehead atoms. The first-order chi connectivity index (χ1) is 9.47. The molecular formula is C13H12BrNO3S2. The van der Waals surface area contributed by atoms with Crippen LogP contribution in [-0.4, -0.2) is 19.6 Å². The van der Waals surface area contributed by atoms with Crippen LogP contribution in [0.15, 0.2) is 44.4 Å². The number of aliphatic hydroxyl groups excluding tert-OH is 1. The molecule has 1 aliphatic rings. The van der Waals surface area contributed by atoms with Gasteiger partial charge in [0, 0.05) is 6.42 Å². The van der Waals surface area contributed by atoms with Gasteiger partial charge >= 0.3 is 0 Å². The molecule has 3 rings (SSSR count). The first-order valence-electron chi connectivity index (χ1n) is 6.01. The van der Waals surface area contributed by atoms with Crippen molar-refractivity contribution in [2.45, 2.75) is 22.8 Å². The van der Waals surface area contributed by atoms with Crippen molar-refractivity contribution in [3.8, 4) is 0 Å². The summed E-state index contributed by atoms with van der Waals surface area (Å²) in [5, 5.41) is 10.1. The summed E-state index contributed by atoms with van der Waals surface area (Å²) in [5.74, 6) is 0. The molecule has 2 atom stereocenters. The molecule has 2 unspecified atom stereocenters. The van der Waals surface area contributed by atoms with Crippen molar-refractivity contribution in [2.75, 3.05) is 0 Å². The van der Waals surface area contributed by atoms with E-state index in [1.165, 1.54) is 0 Å². The third kappa shape index (κ3) is 2.56. The lowest BCUT2D eigenvalue weighted by Crippen LogP contribution is -2.33. The number of rotatable bonds is 3. The fourth-order valence-electron chi connectivity index (χ4n) is 2.38. The third-order valence-corrected chi connectivity index (χ3v) is 6.86. The van der Waals surface area contributed by atoms with E-state index in [4.69, 9.17) is 0 Å². The molecule has 7 heteroatoms. The Labute approximate surface area is 129 Å². The minimum Gasteiger partial charge on any atom is -0.391 e. The highest BCUT2D eigenvalue weighted by Crippen LogP contribution is 2.34. The van der Waals surface area contributed by atoms with E-state index in [-0.39, 0.29) is 4.21 Å². The molecule has 106 valence electrons. The van der Waals surface area contributed by atoms with Crippen molar-refractivity contribution >= 4 is 37.3 Å². The summed E-state index contributed by atoms with van der Waals surface area (Å²) in [4.78, 5) is 0. The molecule has 0 spiro atoms. The van der Waals surface area contributed by atoms with Gasteiger partial charge in [0.15, 0.2) is 0 Å². The molecule has 20 heavy (non-hydrogen) atoms. The van der Waals surface area contributed by atoms with Gasteiger partial charge in [-0.3, -0.25) is 0 Å². The van der Waals surface area contributed by atoms with E-state index < -0.39 is 22.2 Å². The monoisotopic (exact) mass is 373 g/mol. The van der Waals surface area contributed by atoms with E-state index in [2.05, 4.69) is 20.7 Å². The number of halogens is 1. The van der Waals surface area contributed by atoms with Gasteiger partial charge in [-0.15, -0.1) is 11.3 Å². The number of sulfonamides is 1. The Hall–Kier alpha value is -0.730. The van der Waals surface area contributed by atoms with E-state index in [0.717, 1.165) is 26.3 Å². The second kappa shape index (κ2) is 5.23. The number of thiophene rings is 1. The maximum absolute atomic E-state index is 12.3. The Morgan fingerprint density at radius 1 is 1.25 bits per heavy atom. The SMILES string of the molecule is O=S(=O)(NC1c2ccccc2CC1O)c1ccc(Br)s1. The second-order valence-corrected chi connectivity index (χ2v) is 9.03. The lowest BCUT2D eigenvalue weighted by Gasteiger charge is -2.17. The molecule has 0 fully saturated rings. The topological polar surface area (TPSA) is 66.4 Å². The maximum Gasteiger partial charge on any atom is 0.250 e. The summed E-state index contributed by atoms with van der Waals surface area (Å²) in [6.07, 6.45) is -0.261. The molecule has 0 saturated heterocycles. The molecule has 0 radical (unpaired) electrons. The molecule has 1 aliphatic carbocycles. The van der Waals surface area contributed by atoms with Gasteiger partial charge in [0.2, 0.25) is 0 Å². The van der Waals surface area contributed by atoms with Crippen molar-refractivity contribution in [3.05, 3.63) is 51.3 Å². The maximum atomic E-state index is 12.3. The highest BCUT2D eigenvalue weighted by molar-refractivity contribution is 9.11. The molecular weight excluding hydrogens is 362 g/mol. The molecule has 0 aliphatic heterocycles. The van der Waals surface area contributed by atoms with E-state index in [1.54, 1.807) is 12.1 Å². The molecule has 2 N–H and O–H groups in total. The molecule has 0 saturated carbocycles. The van der Waals surface area contributed by atoms with Crippen LogP contribution in [0.3, 0.4) is 0 Å². The first-order valence-corrected chi connectivity index (χ1v) is 9.10. The fourth-order valence-corrected chi connectivity index (χ4v) is 5.66. The van der Waals surface area contributed by atoms with Crippen LogP contribution in [0.2, 0.25) is 0 Å². The number of hydrogen-bond acceptors (Lipinski definition) is 4. The van der Waals surface area contributed by atoms with Crippen LogP contribution in [0.1, 0.15) is 17.2 Å². The zero-order valence-corrected chi connectivity index (χ0v) is 13.5.